The van der Waals surface area contributed by atoms with Gasteiger partial charge in [-0.25, -0.2) is 18.1 Å². The molecule has 1 aliphatic rings. The van der Waals surface area contributed by atoms with E-state index in [1.165, 1.54) is 12.6 Å². The molecule has 2 unspecified atom stereocenters. The predicted molar refractivity (Wildman–Crippen MR) is 71.5 cm³/mol. The molecule has 2 rings (SSSR count). The van der Waals surface area contributed by atoms with Crippen LogP contribution in [0.15, 0.2) is 6.33 Å². The van der Waals surface area contributed by atoms with Crippen LogP contribution in [0.25, 0.3) is 0 Å². The van der Waals surface area contributed by atoms with Crippen LogP contribution < -0.4 is 0 Å². The van der Waals surface area contributed by atoms with Crippen LogP contribution >= 0.6 is 0 Å². The Bertz CT molecular complexity index is 552. The second kappa shape index (κ2) is 4.86. The number of rotatable bonds is 4. The van der Waals surface area contributed by atoms with Gasteiger partial charge in [-0.05, 0) is 33.1 Å². The Labute approximate surface area is 113 Å². The minimum Gasteiger partial charge on any atom is -0.388 e. The van der Waals surface area contributed by atoms with Crippen molar-refractivity contribution in [2.45, 2.75) is 56.4 Å². The quantitative estimate of drug-likeness (QED) is 0.882. The first-order valence-electron chi connectivity index (χ1n) is 6.53. The predicted octanol–water partition coefficient (Wildman–Crippen LogP) is 0.730. The largest absolute Gasteiger partial charge is 0.388 e. The first-order valence-corrected chi connectivity index (χ1v) is 8.49. The third kappa shape index (κ3) is 2.81. The first-order chi connectivity index (χ1) is 8.74. The molecule has 1 aliphatic carbocycles. The molecule has 0 aliphatic heterocycles. The summed E-state index contributed by atoms with van der Waals surface area (Å²) in [4.78, 5) is 4.16. The second-order valence-electron chi connectivity index (χ2n) is 5.71. The topological polar surface area (TPSA) is 85.1 Å². The van der Waals surface area contributed by atoms with Gasteiger partial charge in [0.05, 0.1) is 10.9 Å². The second-order valence-corrected chi connectivity index (χ2v) is 7.93. The molecule has 1 aromatic heterocycles. The van der Waals surface area contributed by atoms with Gasteiger partial charge in [0, 0.05) is 18.7 Å². The fourth-order valence-corrected chi connectivity index (χ4v) is 4.54. The van der Waals surface area contributed by atoms with Crippen molar-refractivity contribution >= 4 is 9.84 Å². The molecule has 6 nitrogen and oxygen atoms in total. The Hall–Kier alpha value is -0.950. The normalized spacial score (nSPS) is 28.2. The molecule has 19 heavy (non-hydrogen) atoms. The van der Waals surface area contributed by atoms with E-state index in [9.17, 15) is 13.5 Å². The minimum absolute atomic E-state index is 0.138. The average Bonchev–Trinajstić information content (AvgIpc) is 2.84. The van der Waals surface area contributed by atoms with Gasteiger partial charge in [0.25, 0.3) is 0 Å². The Morgan fingerprint density at radius 3 is 2.84 bits per heavy atom. The molecule has 2 atom stereocenters. The SMILES string of the molecule is CC(C)n1ncnc1CC1(O)CCCC1S(C)(=O)=O. The fourth-order valence-electron chi connectivity index (χ4n) is 2.94. The van der Waals surface area contributed by atoms with Gasteiger partial charge < -0.3 is 5.11 Å². The number of aromatic nitrogens is 3. The van der Waals surface area contributed by atoms with Crippen LogP contribution in [0.1, 0.15) is 45.0 Å². The summed E-state index contributed by atoms with van der Waals surface area (Å²) >= 11 is 0. The maximum Gasteiger partial charge on any atom is 0.153 e. The number of hydrogen-bond acceptors (Lipinski definition) is 5. The summed E-state index contributed by atoms with van der Waals surface area (Å²) in [5.74, 6) is 0.646. The Balaban J connectivity index is 2.28. The van der Waals surface area contributed by atoms with Crippen molar-refractivity contribution in [1.82, 2.24) is 14.8 Å². The third-order valence-corrected chi connectivity index (χ3v) is 5.50. The molecule has 0 aromatic carbocycles. The molecule has 1 saturated carbocycles. The minimum atomic E-state index is -3.25. The molecule has 0 spiro atoms. The standard InChI is InChI=1S/C12H21N3O3S/c1-9(2)15-11(13-8-14-15)7-12(16)6-4-5-10(12)19(3,17)18/h8-10,16H,4-7H2,1-3H3. The smallest absolute Gasteiger partial charge is 0.153 e. The van der Waals surface area contributed by atoms with Crippen LogP contribution in [-0.2, 0) is 16.3 Å². The zero-order valence-electron chi connectivity index (χ0n) is 11.6. The van der Waals surface area contributed by atoms with Gasteiger partial charge in [-0.2, -0.15) is 5.10 Å². The monoisotopic (exact) mass is 287 g/mol. The van der Waals surface area contributed by atoms with Gasteiger partial charge in [-0.1, -0.05) is 0 Å². The molecule has 1 heterocycles. The lowest BCUT2D eigenvalue weighted by molar-refractivity contribution is 0.0478. The molecule has 108 valence electrons. The van der Waals surface area contributed by atoms with E-state index in [1.807, 2.05) is 13.8 Å². The lowest BCUT2D eigenvalue weighted by Gasteiger charge is -2.28. The van der Waals surface area contributed by atoms with Crippen LogP contribution in [0.4, 0.5) is 0 Å². The van der Waals surface area contributed by atoms with Crippen LogP contribution in [-0.4, -0.2) is 45.4 Å². The molecular formula is C12H21N3O3S. The summed E-state index contributed by atoms with van der Waals surface area (Å²) in [7, 11) is -3.25. The highest BCUT2D eigenvalue weighted by Gasteiger charge is 2.47. The molecule has 1 fully saturated rings. The van der Waals surface area contributed by atoms with E-state index in [0.717, 1.165) is 6.42 Å². The first kappa shape index (κ1) is 14.5. The maximum absolute atomic E-state index is 11.8. The van der Waals surface area contributed by atoms with E-state index in [-0.39, 0.29) is 12.5 Å². The zero-order valence-corrected chi connectivity index (χ0v) is 12.4. The van der Waals surface area contributed by atoms with Gasteiger partial charge in [-0.3, -0.25) is 0 Å². The van der Waals surface area contributed by atoms with Crippen molar-refractivity contribution < 1.29 is 13.5 Å². The summed E-state index contributed by atoms with van der Waals surface area (Å²) in [5.41, 5.74) is -1.22. The van der Waals surface area contributed by atoms with Crippen molar-refractivity contribution in [3.05, 3.63) is 12.2 Å². The Morgan fingerprint density at radius 1 is 1.58 bits per heavy atom. The summed E-state index contributed by atoms with van der Waals surface area (Å²) in [6, 6.07) is 0.138. The maximum atomic E-state index is 11.8. The molecule has 1 aromatic rings. The van der Waals surface area contributed by atoms with Crippen LogP contribution in [0.5, 0.6) is 0 Å². The van der Waals surface area contributed by atoms with Gasteiger partial charge in [0.1, 0.15) is 12.2 Å². The van der Waals surface area contributed by atoms with Crippen LogP contribution in [0.2, 0.25) is 0 Å². The fraction of sp³-hybridized carbons (Fsp3) is 0.833. The molecule has 0 saturated heterocycles. The summed E-state index contributed by atoms with van der Waals surface area (Å²) in [6.07, 6.45) is 4.62. The van der Waals surface area contributed by atoms with E-state index in [4.69, 9.17) is 0 Å². The highest BCUT2D eigenvalue weighted by Crippen LogP contribution is 2.37. The number of sulfone groups is 1. The van der Waals surface area contributed by atoms with Crippen molar-refractivity contribution in [3.63, 3.8) is 0 Å². The van der Waals surface area contributed by atoms with Gasteiger partial charge in [0.2, 0.25) is 0 Å². The van der Waals surface area contributed by atoms with Crippen LogP contribution in [0.3, 0.4) is 0 Å². The summed E-state index contributed by atoms with van der Waals surface area (Å²) < 4.78 is 25.3. The van der Waals surface area contributed by atoms with Crippen molar-refractivity contribution in [2.24, 2.45) is 0 Å². The van der Waals surface area contributed by atoms with Crippen molar-refractivity contribution in [2.75, 3.05) is 6.26 Å². The van der Waals surface area contributed by atoms with Crippen molar-refractivity contribution in [1.29, 1.82) is 0 Å². The molecule has 0 amide bonds. The highest BCUT2D eigenvalue weighted by atomic mass is 32.2. The number of aliphatic hydroxyl groups is 1. The van der Waals surface area contributed by atoms with E-state index in [2.05, 4.69) is 10.1 Å². The average molecular weight is 287 g/mol. The Kier molecular flexibility index (Phi) is 3.70. The number of hydrogen-bond donors (Lipinski definition) is 1. The lowest BCUT2D eigenvalue weighted by Crippen LogP contribution is -2.44. The van der Waals surface area contributed by atoms with Gasteiger partial charge in [0.15, 0.2) is 9.84 Å². The summed E-state index contributed by atoms with van der Waals surface area (Å²) in [5, 5.41) is 14.1. The van der Waals surface area contributed by atoms with Gasteiger partial charge >= 0.3 is 0 Å². The number of nitrogens with zero attached hydrogens (tertiary/aromatic N) is 3. The van der Waals surface area contributed by atoms with Gasteiger partial charge in [-0.15, -0.1) is 0 Å². The molecular weight excluding hydrogens is 266 g/mol. The van der Waals surface area contributed by atoms with E-state index in [1.54, 1.807) is 4.68 Å². The molecule has 7 heteroatoms. The third-order valence-electron chi connectivity index (χ3n) is 3.79. The molecule has 0 bridgehead atoms. The summed E-state index contributed by atoms with van der Waals surface area (Å²) in [6.45, 7) is 3.95. The molecule has 1 N–H and O–H groups in total. The molecule has 0 radical (unpaired) electrons. The van der Waals surface area contributed by atoms with Crippen LogP contribution in [0, 0.1) is 0 Å². The van der Waals surface area contributed by atoms with E-state index >= 15 is 0 Å². The highest BCUT2D eigenvalue weighted by molar-refractivity contribution is 7.91. The lowest BCUT2D eigenvalue weighted by atomic mass is 9.97. The van der Waals surface area contributed by atoms with Crippen molar-refractivity contribution in [3.8, 4) is 0 Å². The zero-order chi connectivity index (χ0) is 14.3. The Morgan fingerprint density at radius 2 is 2.26 bits per heavy atom. The van der Waals surface area contributed by atoms with E-state index in [0.29, 0.717) is 18.7 Å². The van der Waals surface area contributed by atoms with E-state index < -0.39 is 20.7 Å².